The second-order valence-corrected chi connectivity index (χ2v) is 8.90. The second kappa shape index (κ2) is 16.4. The predicted octanol–water partition coefficient (Wildman–Crippen LogP) is -2.29. The average Bonchev–Trinajstić information content (AvgIpc) is 2.76. The van der Waals surface area contributed by atoms with Crippen LogP contribution in [0.25, 0.3) is 0 Å². The monoisotopic (exact) mass is 550 g/mol. The average molecular weight is 551 g/mol. The van der Waals surface area contributed by atoms with Gasteiger partial charge in [0.25, 0.3) is 0 Å². The molecule has 8 N–H and O–H groups in total. The minimum atomic E-state index is -1.56. The van der Waals surface area contributed by atoms with E-state index in [9.17, 15) is 38.7 Å². The van der Waals surface area contributed by atoms with Gasteiger partial charge in [-0.25, -0.2) is 0 Å². The van der Waals surface area contributed by atoms with Gasteiger partial charge in [0.1, 0.15) is 18.1 Å². The van der Waals surface area contributed by atoms with Crippen LogP contribution in [0.4, 0.5) is 0 Å². The summed E-state index contributed by atoms with van der Waals surface area (Å²) in [6.07, 6.45) is -3.75. The van der Waals surface area contributed by atoms with Gasteiger partial charge < -0.3 is 41.7 Å². The quantitative estimate of drug-likeness (QED) is 0.0871. The van der Waals surface area contributed by atoms with Crippen molar-refractivity contribution in [1.29, 1.82) is 0 Å². The van der Waals surface area contributed by atoms with Crippen LogP contribution in [-0.4, -0.2) is 98.0 Å². The molecule has 0 aromatic carbocycles. The van der Waals surface area contributed by atoms with Crippen LogP contribution in [0, 0.1) is 5.92 Å². The standard InChI is InChI=1S/C21H34N4O11S/c1-9(2)18(21(36)24-12(6-16(30)31)14(27)8-37)25-19(34)11(4-5-15(28)29)23-20(35)13(7-17(32)33)22-10(3)26/h9,11-14,18,27,37H,4-8H2,1-3H3,(H,22,26)(H,23,35)(H,24,36)(H,25,34)(H,28,29)(H,30,31)(H,32,33)/t11-,12-,13-,14-,18-/m0/s1. The Morgan fingerprint density at radius 2 is 1.27 bits per heavy atom. The van der Waals surface area contributed by atoms with Gasteiger partial charge in [0, 0.05) is 19.1 Å². The van der Waals surface area contributed by atoms with Crippen LogP contribution in [0.15, 0.2) is 0 Å². The van der Waals surface area contributed by atoms with Crippen LogP contribution in [-0.2, 0) is 33.6 Å². The van der Waals surface area contributed by atoms with Crippen LogP contribution in [0.1, 0.15) is 46.5 Å². The van der Waals surface area contributed by atoms with Crippen molar-refractivity contribution in [2.24, 2.45) is 5.92 Å². The number of thiol groups is 1. The SMILES string of the molecule is CC(=O)N[C@@H](CC(=O)O)C(=O)N[C@@H](CCC(=O)O)C(=O)N[C@H](C(=O)N[C@@H](CC(=O)O)[C@@H](O)CS)C(C)C. The van der Waals surface area contributed by atoms with Crippen molar-refractivity contribution in [3.8, 4) is 0 Å². The van der Waals surface area contributed by atoms with Crippen molar-refractivity contribution in [3.05, 3.63) is 0 Å². The summed E-state index contributed by atoms with van der Waals surface area (Å²) in [4.78, 5) is 83.0. The van der Waals surface area contributed by atoms with Crippen molar-refractivity contribution < 1.29 is 54.0 Å². The number of carboxylic acid groups (broad SMARTS) is 3. The van der Waals surface area contributed by atoms with E-state index in [2.05, 4.69) is 33.9 Å². The van der Waals surface area contributed by atoms with Gasteiger partial charge in [-0.15, -0.1) is 0 Å². The van der Waals surface area contributed by atoms with Crippen LogP contribution < -0.4 is 21.3 Å². The summed E-state index contributed by atoms with van der Waals surface area (Å²) in [5, 5.41) is 46.1. The van der Waals surface area contributed by atoms with Gasteiger partial charge in [0.05, 0.1) is 25.0 Å². The highest BCUT2D eigenvalue weighted by Crippen LogP contribution is 2.09. The van der Waals surface area contributed by atoms with E-state index in [4.69, 9.17) is 15.3 Å². The molecular formula is C21H34N4O11S. The van der Waals surface area contributed by atoms with E-state index < -0.39 is 103 Å². The first-order chi connectivity index (χ1) is 17.1. The maximum absolute atomic E-state index is 13.0. The van der Waals surface area contributed by atoms with Crippen molar-refractivity contribution in [3.63, 3.8) is 0 Å². The third-order valence-corrected chi connectivity index (χ3v) is 5.35. The minimum absolute atomic E-state index is 0.161. The van der Waals surface area contributed by atoms with Gasteiger partial charge in [0.2, 0.25) is 23.6 Å². The number of carboxylic acids is 3. The van der Waals surface area contributed by atoms with Crippen LogP contribution in [0.3, 0.4) is 0 Å². The number of nitrogens with one attached hydrogen (secondary N) is 4. The summed E-state index contributed by atoms with van der Waals surface area (Å²) in [5.41, 5.74) is 0. The lowest BCUT2D eigenvalue weighted by atomic mass is 10.0. The second-order valence-electron chi connectivity index (χ2n) is 8.54. The molecule has 0 heterocycles. The van der Waals surface area contributed by atoms with Crippen LogP contribution in [0.2, 0.25) is 0 Å². The highest BCUT2D eigenvalue weighted by molar-refractivity contribution is 7.80. The summed E-state index contributed by atoms with van der Waals surface area (Å²) in [6, 6.07) is -5.60. The number of carbonyl (C=O) groups is 7. The molecule has 0 unspecified atom stereocenters. The molecule has 4 amide bonds. The number of rotatable bonds is 17. The number of amides is 4. The fraction of sp³-hybridized carbons (Fsp3) is 0.667. The number of aliphatic hydroxyl groups excluding tert-OH is 1. The van der Waals surface area contributed by atoms with Gasteiger partial charge in [0.15, 0.2) is 0 Å². The minimum Gasteiger partial charge on any atom is -0.481 e. The molecule has 0 spiro atoms. The molecule has 0 aliphatic carbocycles. The lowest BCUT2D eigenvalue weighted by molar-refractivity contribution is -0.141. The summed E-state index contributed by atoms with van der Waals surface area (Å²) >= 11 is 3.89. The van der Waals surface area contributed by atoms with Crippen LogP contribution in [0.5, 0.6) is 0 Å². The zero-order valence-electron chi connectivity index (χ0n) is 20.6. The van der Waals surface area contributed by atoms with Crippen molar-refractivity contribution in [2.45, 2.75) is 76.7 Å². The molecule has 37 heavy (non-hydrogen) atoms. The molecule has 0 fully saturated rings. The Labute approximate surface area is 218 Å². The highest BCUT2D eigenvalue weighted by Gasteiger charge is 2.33. The van der Waals surface area contributed by atoms with Gasteiger partial charge in [-0.05, 0) is 12.3 Å². The molecule has 0 aliphatic rings. The zero-order valence-corrected chi connectivity index (χ0v) is 21.5. The molecule has 0 saturated heterocycles. The van der Waals surface area contributed by atoms with E-state index in [1.165, 1.54) is 0 Å². The molecule has 210 valence electrons. The molecule has 15 nitrogen and oxygen atoms in total. The molecule has 0 saturated carbocycles. The number of carbonyl (C=O) groups excluding carboxylic acids is 4. The van der Waals surface area contributed by atoms with Gasteiger partial charge in [-0.3, -0.25) is 33.6 Å². The molecule has 0 aliphatic heterocycles. The zero-order chi connectivity index (χ0) is 28.9. The topological polar surface area (TPSA) is 249 Å². The first-order valence-electron chi connectivity index (χ1n) is 11.2. The van der Waals surface area contributed by atoms with Crippen LogP contribution >= 0.6 is 12.6 Å². The molecule has 5 atom stereocenters. The molecule has 0 rings (SSSR count). The first-order valence-corrected chi connectivity index (χ1v) is 11.8. The first kappa shape index (κ1) is 33.6. The van der Waals surface area contributed by atoms with E-state index in [0.29, 0.717) is 0 Å². The van der Waals surface area contributed by atoms with Gasteiger partial charge in [-0.2, -0.15) is 12.6 Å². The Kier molecular flexibility index (Phi) is 14.9. The lowest BCUT2D eigenvalue weighted by Gasteiger charge is -2.29. The van der Waals surface area contributed by atoms with E-state index in [1.54, 1.807) is 13.8 Å². The summed E-state index contributed by atoms with van der Waals surface area (Å²) in [7, 11) is 0. The largest absolute Gasteiger partial charge is 0.481 e. The fourth-order valence-corrected chi connectivity index (χ4v) is 3.35. The van der Waals surface area contributed by atoms with E-state index >= 15 is 0 Å². The Morgan fingerprint density at radius 1 is 0.730 bits per heavy atom. The molecule has 0 aromatic rings. The van der Waals surface area contributed by atoms with E-state index in [-0.39, 0.29) is 5.75 Å². The molecule has 16 heteroatoms. The maximum Gasteiger partial charge on any atom is 0.305 e. The maximum atomic E-state index is 13.0. The predicted molar refractivity (Wildman–Crippen MR) is 129 cm³/mol. The number of hydrogen-bond donors (Lipinski definition) is 9. The highest BCUT2D eigenvalue weighted by atomic mass is 32.1. The Balaban J connectivity index is 5.77. The van der Waals surface area contributed by atoms with Gasteiger partial charge >= 0.3 is 17.9 Å². The van der Waals surface area contributed by atoms with E-state index in [0.717, 1.165) is 6.92 Å². The third kappa shape index (κ3) is 13.5. The summed E-state index contributed by atoms with van der Waals surface area (Å²) < 4.78 is 0. The molecule has 0 bridgehead atoms. The lowest BCUT2D eigenvalue weighted by Crippen LogP contribution is -2.59. The molecule has 0 radical (unpaired) electrons. The van der Waals surface area contributed by atoms with Crippen molar-refractivity contribution >= 4 is 54.2 Å². The van der Waals surface area contributed by atoms with Gasteiger partial charge in [-0.1, -0.05) is 13.8 Å². The Hall–Kier alpha value is -3.40. The number of aliphatic hydroxyl groups is 1. The normalized spacial score (nSPS) is 14.9. The fourth-order valence-electron chi connectivity index (χ4n) is 3.10. The van der Waals surface area contributed by atoms with E-state index in [1.807, 2.05) is 0 Å². The smallest absolute Gasteiger partial charge is 0.305 e. The Bertz CT molecular complexity index is 851. The molecular weight excluding hydrogens is 516 g/mol. The van der Waals surface area contributed by atoms with Crippen molar-refractivity contribution in [1.82, 2.24) is 21.3 Å². The number of aliphatic carboxylic acids is 3. The molecule has 0 aromatic heterocycles. The Morgan fingerprint density at radius 3 is 1.70 bits per heavy atom. The third-order valence-electron chi connectivity index (χ3n) is 4.97. The van der Waals surface area contributed by atoms with Crippen molar-refractivity contribution in [2.75, 3.05) is 5.75 Å². The number of hydrogen-bond acceptors (Lipinski definition) is 9. The summed E-state index contributed by atoms with van der Waals surface area (Å²) in [5.74, 6) is -8.36. The summed E-state index contributed by atoms with van der Waals surface area (Å²) in [6.45, 7) is 4.15.